The summed E-state index contributed by atoms with van der Waals surface area (Å²) in [6, 6.07) is 4.31. The molecule has 3 N–H and O–H groups in total. The minimum Gasteiger partial charge on any atom is -0.508 e. The molecule has 6 heteroatoms. The Morgan fingerprint density at radius 2 is 1.95 bits per heavy atom. The number of rotatable bonds is 4. The minimum atomic E-state index is -0.812. The number of carbonyl (C=O) groups excluding carboxylic acids is 1. The van der Waals surface area contributed by atoms with Gasteiger partial charge in [0.2, 0.25) is 0 Å². The fourth-order valence-electron chi connectivity index (χ4n) is 1.57. The molecule has 0 radical (unpaired) electrons. The van der Waals surface area contributed by atoms with E-state index in [1.165, 1.54) is 23.1 Å². The van der Waals surface area contributed by atoms with Gasteiger partial charge >= 0.3 is 6.09 Å². The van der Waals surface area contributed by atoms with Crippen LogP contribution in [0.2, 0.25) is 0 Å². The highest BCUT2D eigenvalue weighted by atomic mass is 16.6. The van der Waals surface area contributed by atoms with E-state index in [0.29, 0.717) is 12.1 Å². The smallest absolute Gasteiger partial charge is 0.414 e. The van der Waals surface area contributed by atoms with Gasteiger partial charge in [0.15, 0.2) is 0 Å². The number of aromatic hydroxyl groups is 1. The number of phenols is 1. The predicted octanol–water partition coefficient (Wildman–Crippen LogP) is 1.87. The van der Waals surface area contributed by atoms with Crippen LogP contribution < -0.4 is 10.1 Å². The normalized spacial score (nSPS) is 12.9. The first-order valence-corrected chi connectivity index (χ1v) is 6.74. The third kappa shape index (κ3) is 6.01. The number of phenolic OH excluding ortho intramolecular Hbond substituents is 1. The van der Waals surface area contributed by atoms with Crippen LogP contribution in [0.5, 0.6) is 11.5 Å². The lowest BCUT2D eigenvalue weighted by Crippen LogP contribution is -2.38. The highest BCUT2D eigenvalue weighted by Gasteiger charge is 2.16. The maximum atomic E-state index is 11.5. The summed E-state index contributed by atoms with van der Waals surface area (Å²) >= 11 is 0. The monoisotopic (exact) mass is 296 g/mol. The molecule has 0 spiro atoms. The molecule has 1 amide bonds. The first-order chi connectivity index (χ1) is 9.58. The largest absolute Gasteiger partial charge is 0.508 e. The lowest BCUT2D eigenvalue weighted by molar-refractivity contribution is 0.161. The van der Waals surface area contributed by atoms with Crippen molar-refractivity contribution in [2.45, 2.75) is 32.4 Å². The van der Waals surface area contributed by atoms with Crippen molar-refractivity contribution in [2.75, 3.05) is 20.6 Å². The van der Waals surface area contributed by atoms with E-state index < -0.39 is 12.2 Å². The number of aliphatic hydroxyl groups is 1. The average molecular weight is 296 g/mol. The standard InChI is InChI=1S/C15H24N2O4/c1-15(2,3)16-9-13(19)10-6-11(18)8-12(7-10)21-14(20)17(4)5/h6-8,13,16,18-19H,9H2,1-5H3/t13-/m1/s1. The summed E-state index contributed by atoms with van der Waals surface area (Å²) in [4.78, 5) is 12.8. The zero-order valence-electron chi connectivity index (χ0n) is 13.2. The summed E-state index contributed by atoms with van der Waals surface area (Å²) in [7, 11) is 3.13. The Balaban J connectivity index is 2.83. The molecule has 1 aromatic carbocycles. The van der Waals surface area contributed by atoms with Crippen molar-refractivity contribution in [3.05, 3.63) is 23.8 Å². The van der Waals surface area contributed by atoms with Crippen LogP contribution in [0.15, 0.2) is 18.2 Å². The van der Waals surface area contributed by atoms with Crippen LogP contribution in [-0.4, -0.2) is 47.4 Å². The van der Waals surface area contributed by atoms with Gasteiger partial charge in [-0.25, -0.2) is 4.79 Å². The summed E-state index contributed by atoms with van der Waals surface area (Å²) < 4.78 is 5.09. The van der Waals surface area contributed by atoms with Gasteiger partial charge in [0.1, 0.15) is 11.5 Å². The summed E-state index contributed by atoms with van der Waals surface area (Å²) in [6.07, 6.45) is -1.36. The van der Waals surface area contributed by atoms with Gasteiger partial charge in [0.25, 0.3) is 0 Å². The van der Waals surface area contributed by atoms with Crippen molar-refractivity contribution < 1.29 is 19.7 Å². The number of nitrogens with zero attached hydrogens (tertiary/aromatic N) is 1. The molecule has 1 atom stereocenters. The summed E-state index contributed by atoms with van der Waals surface area (Å²) in [5, 5.41) is 23.0. The van der Waals surface area contributed by atoms with E-state index >= 15 is 0 Å². The molecular weight excluding hydrogens is 272 g/mol. The Morgan fingerprint density at radius 3 is 2.48 bits per heavy atom. The lowest BCUT2D eigenvalue weighted by atomic mass is 10.1. The van der Waals surface area contributed by atoms with E-state index in [0.717, 1.165) is 0 Å². The SMILES string of the molecule is CN(C)C(=O)Oc1cc(O)cc([C@H](O)CNC(C)(C)C)c1. The molecule has 1 aromatic rings. The number of nitrogens with one attached hydrogen (secondary N) is 1. The number of benzene rings is 1. The second-order valence-corrected chi connectivity index (χ2v) is 6.17. The van der Waals surface area contributed by atoms with Crippen molar-refractivity contribution in [3.8, 4) is 11.5 Å². The molecule has 0 aliphatic carbocycles. The third-order valence-electron chi connectivity index (χ3n) is 2.69. The highest BCUT2D eigenvalue weighted by Crippen LogP contribution is 2.26. The van der Waals surface area contributed by atoms with E-state index in [1.54, 1.807) is 14.1 Å². The first-order valence-electron chi connectivity index (χ1n) is 6.74. The summed E-state index contributed by atoms with van der Waals surface area (Å²) in [5.74, 6) is 0.127. The second kappa shape index (κ2) is 6.78. The van der Waals surface area contributed by atoms with Crippen molar-refractivity contribution >= 4 is 6.09 Å². The average Bonchev–Trinajstić information content (AvgIpc) is 2.34. The van der Waals surface area contributed by atoms with Crippen LogP contribution in [0.4, 0.5) is 4.79 Å². The van der Waals surface area contributed by atoms with Gasteiger partial charge in [0, 0.05) is 32.2 Å². The molecule has 0 bridgehead atoms. The van der Waals surface area contributed by atoms with E-state index in [4.69, 9.17) is 4.74 Å². The van der Waals surface area contributed by atoms with E-state index in [9.17, 15) is 15.0 Å². The Morgan fingerprint density at radius 1 is 1.33 bits per heavy atom. The van der Waals surface area contributed by atoms with Crippen LogP contribution in [-0.2, 0) is 0 Å². The Kier molecular flexibility index (Phi) is 5.57. The van der Waals surface area contributed by atoms with Crippen LogP contribution in [0.1, 0.15) is 32.4 Å². The molecule has 0 saturated heterocycles. The van der Waals surface area contributed by atoms with Crippen LogP contribution in [0.3, 0.4) is 0 Å². The number of hydrogen-bond acceptors (Lipinski definition) is 5. The second-order valence-electron chi connectivity index (χ2n) is 6.17. The zero-order chi connectivity index (χ0) is 16.2. The molecule has 1 rings (SSSR count). The molecule has 6 nitrogen and oxygen atoms in total. The Hall–Kier alpha value is -1.79. The molecular formula is C15H24N2O4. The van der Waals surface area contributed by atoms with Crippen molar-refractivity contribution in [1.82, 2.24) is 10.2 Å². The number of ether oxygens (including phenoxy) is 1. The highest BCUT2D eigenvalue weighted by molar-refractivity contribution is 5.70. The molecule has 0 saturated carbocycles. The quantitative estimate of drug-likeness (QED) is 0.790. The number of hydrogen-bond donors (Lipinski definition) is 3. The van der Waals surface area contributed by atoms with Crippen molar-refractivity contribution in [1.29, 1.82) is 0 Å². The van der Waals surface area contributed by atoms with Gasteiger partial charge in [-0.3, -0.25) is 0 Å². The Labute approximate surface area is 125 Å². The van der Waals surface area contributed by atoms with Gasteiger partial charge in [0.05, 0.1) is 6.10 Å². The van der Waals surface area contributed by atoms with Crippen molar-refractivity contribution in [3.63, 3.8) is 0 Å². The Bertz CT molecular complexity index is 495. The molecule has 21 heavy (non-hydrogen) atoms. The van der Waals surface area contributed by atoms with E-state index in [1.807, 2.05) is 20.8 Å². The number of carbonyl (C=O) groups is 1. The first kappa shape index (κ1) is 17.3. The zero-order valence-corrected chi connectivity index (χ0v) is 13.2. The van der Waals surface area contributed by atoms with Crippen LogP contribution in [0, 0.1) is 0 Å². The van der Waals surface area contributed by atoms with Gasteiger partial charge in [-0.15, -0.1) is 0 Å². The summed E-state index contributed by atoms with van der Waals surface area (Å²) in [5.41, 5.74) is 0.353. The van der Waals surface area contributed by atoms with Crippen molar-refractivity contribution in [2.24, 2.45) is 0 Å². The topological polar surface area (TPSA) is 82.0 Å². The van der Waals surface area contributed by atoms with E-state index in [2.05, 4.69) is 5.32 Å². The molecule has 0 unspecified atom stereocenters. The molecule has 0 fully saturated rings. The maximum Gasteiger partial charge on any atom is 0.414 e. The third-order valence-corrected chi connectivity index (χ3v) is 2.69. The molecule has 0 aliphatic rings. The van der Waals surface area contributed by atoms with Gasteiger partial charge < -0.3 is 25.2 Å². The van der Waals surface area contributed by atoms with Gasteiger partial charge in [-0.1, -0.05) is 0 Å². The van der Waals surface area contributed by atoms with Gasteiger partial charge in [-0.05, 0) is 38.5 Å². The summed E-state index contributed by atoms with van der Waals surface area (Å²) in [6.45, 7) is 6.31. The fourth-order valence-corrected chi connectivity index (χ4v) is 1.57. The van der Waals surface area contributed by atoms with Gasteiger partial charge in [-0.2, -0.15) is 0 Å². The predicted molar refractivity (Wildman–Crippen MR) is 80.5 cm³/mol. The fraction of sp³-hybridized carbons (Fsp3) is 0.533. The molecule has 0 aliphatic heterocycles. The molecule has 118 valence electrons. The number of β-amino-alcohol motifs (C(OH)–C–C–N with tert-alkyl or cyclic N) is 1. The molecule has 0 aromatic heterocycles. The molecule has 0 heterocycles. The van der Waals surface area contributed by atoms with Crippen LogP contribution in [0.25, 0.3) is 0 Å². The lowest BCUT2D eigenvalue weighted by Gasteiger charge is -2.23. The maximum absolute atomic E-state index is 11.5. The number of amides is 1. The number of aliphatic hydroxyl groups excluding tert-OH is 1. The van der Waals surface area contributed by atoms with E-state index in [-0.39, 0.29) is 17.0 Å². The van der Waals surface area contributed by atoms with Crippen LogP contribution >= 0.6 is 0 Å². The minimum absolute atomic E-state index is 0.0659.